The van der Waals surface area contributed by atoms with Gasteiger partial charge in [0.25, 0.3) is 5.91 Å². The summed E-state index contributed by atoms with van der Waals surface area (Å²) in [6.45, 7) is 5.55. The Hall–Kier alpha value is -4.02. The molecule has 1 saturated heterocycles. The zero-order chi connectivity index (χ0) is 24.9. The Morgan fingerprint density at radius 1 is 1.22 bits per heavy atom. The molecule has 1 aliphatic rings. The standard InChI is InChI=1S/C26H26FN5O4/c1-17-24(16-36-31-17)30-26(33)23-11-22(20-12-28-29-13-20)19(14-32-6-8-34-9-7-32)10-25(23)35-15-18-2-4-21(27)5-3-18/h2-5,10-13,16H,6-9,14-15H2,1H3,(H,28,29)(H,30,33). The van der Waals surface area contributed by atoms with Crippen LogP contribution in [0, 0.1) is 12.7 Å². The van der Waals surface area contributed by atoms with Crippen molar-refractivity contribution in [3.63, 3.8) is 0 Å². The molecule has 2 aromatic carbocycles. The molecule has 3 heterocycles. The van der Waals surface area contributed by atoms with E-state index in [1.54, 1.807) is 31.5 Å². The van der Waals surface area contributed by atoms with Crippen molar-refractivity contribution in [2.24, 2.45) is 0 Å². The number of aromatic amines is 1. The summed E-state index contributed by atoms with van der Waals surface area (Å²) >= 11 is 0. The van der Waals surface area contributed by atoms with Gasteiger partial charge in [-0.15, -0.1) is 0 Å². The maximum atomic E-state index is 13.4. The Kier molecular flexibility index (Phi) is 7.06. The van der Waals surface area contributed by atoms with Crippen molar-refractivity contribution in [1.82, 2.24) is 20.3 Å². The number of morpholine rings is 1. The smallest absolute Gasteiger partial charge is 0.259 e. The van der Waals surface area contributed by atoms with Crippen LogP contribution in [-0.2, 0) is 17.9 Å². The number of benzene rings is 2. The molecule has 0 aliphatic carbocycles. The second-order valence-electron chi connectivity index (χ2n) is 8.56. The van der Waals surface area contributed by atoms with Gasteiger partial charge in [0, 0.05) is 31.4 Å². The second kappa shape index (κ2) is 10.7. The molecule has 4 aromatic rings. The first kappa shape index (κ1) is 23.7. The number of aromatic nitrogens is 3. The third-order valence-corrected chi connectivity index (χ3v) is 6.06. The number of ether oxygens (including phenoxy) is 2. The van der Waals surface area contributed by atoms with Crippen LogP contribution in [0.5, 0.6) is 5.75 Å². The molecule has 186 valence electrons. The first-order valence-corrected chi connectivity index (χ1v) is 11.6. The molecule has 1 amide bonds. The molecule has 1 fully saturated rings. The summed E-state index contributed by atoms with van der Waals surface area (Å²) in [5, 5.41) is 13.6. The highest BCUT2D eigenvalue weighted by Gasteiger charge is 2.22. The van der Waals surface area contributed by atoms with Gasteiger partial charge in [0.15, 0.2) is 0 Å². The van der Waals surface area contributed by atoms with E-state index >= 15 is 0 Å². The van der Waals surface area contributed by atoms with Gasteiger partial charge in [-0.2, -0.15) is 5.10 Å². The van der Waals surface area contributed by atoms with E-state index in [1.807, 2.05) is 12.1 Å². The van der Waals surface area contributed by atoms with E-state index in [1.165, 1.54) is 18.4 Å². The van der Waals surface area contributed by atoms with Gasteiger partial charge in [0.1, 0.15) is 35.8 Å². The maximum absolute atomic E-state index is 13.4. The highest BCUT2D eigenvalue weighted by Crippen LogP contribution is 2.33. The van der Waals surface area contributed by atoms with Crippen LogP contribution in [-0.4, -0.2) is 52.5 Å². The van der Waals surface area contributed by atoms with Crippen LogP contribution >= 0.6 is 0 Å². The molecule has 0 spiro atoms. The number of rotatable bonds is 8. The molecule has 0 saturated carbocycles. The van der Waals surface area contributed by atoms with E-state index in [2.05, 4.69) is 25.6 Å². The third-order valence-electron chi connectivity index (χ3n) is 6.06. The van der Waals surface area contributed by atoms with Gasteiger partial charge in [0.05, 0.1) is 25.0 Å². The summed E-state index contributed by atoms with van der Waals surface area (Å²) < 4.78 is 30.0. The second-order valence-corrected chi connectivity index (χ2v) is 8.56. The predicted molar refractivity (Wildman–Crippen MR) is 130 cm³/mol. The van der Waals surface area contributed by atoms with E-state index in [0.717, 1.165) is 35.3 Å². The zero-order valence-corrected chi connectivity index (χ0v) is 19.8. The van der Waals surface area contributed by atoms with Gasteiger partial charge in [-0.1, -0.05) is 17.3 Å². The summed E-state index contributed by atoms with van der Waals surface area (Å²) in [5.41, 5.74) is 4.90. The minimum absolute atomic E-state index is 0.176. The highest BCUT2D eigenvalue weighted by atomic mass is 19.1. The van der Waals surface area contributed by atoms with Crippen LogP contribution in [0.4, 0.5) is 10.1 Å². The first-order chi connectivity index (χ1) is 17.6. The van der Waals surface area contributed by atoms with Gasteiger partial charge in [0.2, 0.25) is 0 Å². The minimum atomic E-state index is -0.363. The monoisotopic (exact) mass is 491 g/mol. The van der Waals surface area contributed by atoms with Gasteiger partial charge in [-0.25, -0.2) is 4.39 Å². The van der Waals surface area contributed by atoms with Crippen molar-refractivity contribution in [2.45, 2.75) is 20.1 Å². The van der Waals surface area contributed by atoms with E-state index < -0.39 is 0 Å². The number of H-pyrrole nitrogens is 1. The van der Waals surface area contributed by atoms with E-state index in [9.17, 15) is 9.18 Å². The van der Waals surface area contributed by atoms with Crippen molar-refractivity contribution in [2.75, 3.05) is 31.6 Å². The summed E-state index contributed by atoms with van der Waals surface area (Å²) in [6, 6.07) is 9.79. The Labute approximate surface area is 207 Å². The highest BCUT2D eigenvalue weighted by molar-refractivity contribution is 6.07. The molecule has 9 nitrogen and oxygen atoms in total. The first-order valence-electron chi connectivity index (χ1n) is 11.6. The number of hydrogen-bond acceptors (Lipinski definition) is 7. The topological polar surface area (TPSA) is 106 Å². The SMILES string of the molecule is Cc1nocc1NC(=O)c1cc(-c2cn[nH]c2)c(CN2CCOCC2)cc1OCc1ccc(F)cc1. The molecular weight excluding hydrogens is 465 g/mol. The van der Waals surface area contributed by atoms with Gasteiger partial charge in [-0.05, 0) is 47.9 Å². The molecule has 0 atom stereocenters. The number of carbonyl (C=O) groups is 1. The van der Waals surface area contributed by atoms with Crippen molar-refractivity contribution in [3.05, 3.63) is 83.3 Å². The fourth-order valence-electron chi connectivity index (χ4n) is 4.06. The van der Waals surface area contributed by atoms with Gasteiger partial charge >= 0.3 is 0 Å². The Morgan fingerprint density at radius 2 is 2.03 bits per heavy atom. The number of halogens is 1. The number of aryl methyl sites for hydroxylation is 1. The molecule has 1 aliphatic heterocycles. The van der Waals surface area contributed by atoms with E-state index in [0.29, 0.717) is 42.5 Å². The van der Waals surface area contributed by atoms with Crippen molar-refractivity contribution < 1.29 is 23.2 Å². The number of nitrogens with one attached hydrogen (secondary N) is 2. The fourth-order valence-corrected chi connectivity index (χ4v) is 4.06. The van der Waals surface area contributed by atoms with Gasteiger partial charge in [-0.3, -0.25) is 14.8 Å². The van der Waals surface area contributed by atoms with E-state index in [-0.39, 0.29) is 18.3 Å². The third kappa shape index (κ3) is 5.45. The number of anilines is 1. The van der Waals surface area contributed by atoms with Crippen molar-refractivity contribution >= 4 is 11.6 Å². The Morgan fingerprint density at radius 3 is 2.72 bits per heavy atom. The average molecular weight is 492 g/mol. The number of carbonyl (C=O) groups excluding carboxylic acids is 1. The summed E-state index contributed by atoms with van der Waals surface area (Å²) in [6.07, 6.45) is 4.90. The lowest BCUT2D eigenvalue weighted by atomic mass is 9.97. The fraction of sp³-hybridized carbons (Fsp3) is 0.269. The summed E-state index contributed by atoms with van der Waals surface area (Å²) in [4.78, 5) is 15.7. The van der Waals surface area contributed by atoms with Crippen LogP contribution in [0.3, 0.4) is 0 Å². The van der Waals surface area contributed by atoms with Crippen LogP contribution in [0.25, 0.3) is 11.1 Å². The van der Waals surface area contributed by atoms with Crippen molar-refractivity contribution in [1.29, 1.82) is 0 Å². The Bertz CT molecular complexity index is 1310. The van der Waals surface area contributed by atoms with E-state index in [4.69, 9.17) is 14.0 Å². The van der Waals surface area contributed by atoms with Crippen molar-refractivity contribution in [3.8, 4) is 16.9 Å². The molecule has 2 N–H and O–H groups in total. The predicted octanol–water partition coefficient (Wildman–Crippen LogP) is 4.18. The molecule has 5 rings (SSSR count). The largest absolute Gasteiger partial charge is 0.488 e. The lowest BCUT2D eigenvalue weighted by Gasteiger charge is -2.28. The lowest BCUT2D eigenvalue weighted by Crippen LogP contribution is -2.35. The summed E-state index contributed by atoms with van der Waals surface area (Å²) in [5.74, 6) is -0.264. The molecule has 0 unspecified atom stereocenters. The molecular formula is C26H26FN5O4. The molecule has 2 aromatic heterocycles. The number of hydrogen-bond donors (Lipinski definition) is 2. The molecule has 10 heteroatoms. The van der Waals surface area contributed by atoms with Crippen LogP contribution < -0.4 is 10.1 Å². The van der Waals surface area contributed by atoms with Crippen LogP contribution in [0.15, 0.2) is 59.6 Å². The zero-order valence-electron chi connectivity index (χ0n) is 19.8. The molecule has 36 heavy (non-hydrogen) atoms. The minimum Gasteiger partial charge on any atom is -0.488 e. The normalized spacial score (nSPS) is 14.1. The summed E-state index contributed by atoms with van der Waals surface area (Å²) in [7, 11) is 0. The Balaban J connectivity index is 1.52. The maximum Gasteiger partial charge on any atom is 0.259 e. The number of amides is 1. The molecule has 0 bridgehead atoms. The van der Waals surface area contributed by atoms with Gasteiger partial charge < -0.3 is 19.3 Å². The van der Waals surface area contributed by atoms with Crippen LogP contribution in [0.2, 0.25) is 0 Å². The van der Waals surface area contributed by atoms with Crippen LogP contribution in [0.1, 0.15) is 27.2 Å². The number of nitrogens with zero attached hydrogens (tertiary/aromatic N) is 3. The lowest BCUT2D eigenvalue weighted by molar-refractivity contribution is 0.0342. The average Bonchev–Trinajstić information content (AvgIpc) is 3.57. The quantitative estimate of drug-likeness (QED) is 0.381. The molecule has 0 radical (unpaired) electrons.